The van der Waals surface area contributed by atoms with Crippen LogP contribution in [0.1, 0.15) is 17.5 Å². The molecule has 1 atom stereocenters. The molecule has 5 heteroatoms. The van der Waals surface area contributed by atoms with Crippen molar-refractivity contribution in [2.24, 2.45) is 0 Å². The van der Waals surface area contributed by atoms with Gasteiger partial charge < -0.3 is 15.5 Å². The number of carbonyl (C=O) groups is 1. The first-order chi connectivity index (χ1) is 12.2. The van der Waals surface area contributed by atoms with Crippen molar-refractivity contribution in [3.05, 3.63) is 59.4 Å². The molecule has 0 aromatic heterocycles. The fourth-order valence-electron chi connectivity index (χ4n) is 3.73. The van der Waals surface area contributed by atoms with E-state index >= 15 is 0 Å². The standard InChI is InChI=1S/C20H22FN3O/c21-16-3-1-2-14(10-16)4-5-15-6-7-18-19(11-15)24-9-8-22-13-17(24)12-20(25)23-18/h1-3,6-7,10-11,17,22H,4-5,8-9,12-13H2,(H,23,25). The van der Waals surface area contributed by atoms with Gasteiger partial charge in [-0.05, 0) is 48.2 Å². The number of aryl methyl sites for hydroxylation is 2. The summed E-state index contributed by atoms with van der Waals surface area (Å²) in [4.78, 5) is 14.5. The van der Waals surface area contributed by atoms with E-state index in [4.69, 9.17) is 0 Å². The van der Waals surface area contributed by atoms with E-state index in [0.29, 0.717) is 6.42 Å². The number of amides is 1. The number of piperazine rings is 1. The predicted octanol–water partition coefficient (Wildman–Crippen LogP) is 2.73. The zero-order valence-electron chi connectivity index (χ0n) is 14.1. The van der Waals surface area contributed by atoms with Crippen molar-refractivity contribution in [3.63, 3.8) is 0 Å². The average Bonchev–Trinajstić information content (AvgIpc) is 2.75. The summed E-state index contributed by atoms with van der Waals surface area (Å²) in [6, 6.07) is 13.2. The second-order valence-electron chi connectivity index (χ2n) is 6.79. The number of fused-ring (bicyclic) bond motifs is 3. The van der Waals surface area contributed by atoms with Gasteiger partial charge in [-0.3, -0.25) is 4.79 Å². The molecule has 0 saturated carbocycles. The van der Waals surface area contributed by atoms with Crippen molar-refractivity contribution < 1.29 is 9.18 Å². The van der Waals surface area contributed by atoms with E-state index in [-0.39, 0.29) is 17.8 Å². The molecule has 2 N–H and O–H groups in total. The van der Waals surface area contributed by atoms with Gasteiger partial charge in [-0.15, -0.1) is 0 Å². The molecule has 2 heterocycles. The Balaban J connectivity index is 1.57. The van der Waals surface area contributed by atoms with E-state index in [1.165, 1.54) is 11.6 Å². The van der Waals surface area contributed by atoms with E-state index < -0.39 is 0 Å². The summed E-state index contributed by atoms with van der Waals surface area (Å²) in [5, 5.41) is 6.40. The van der Waals surface area contributed by atoms with Gasteiger partial charge in [-0.2, -0.15) is 0 Å². The minimum Gasteiger partial charge on any atom is -0.364 e. The van der Waals surface area contributed by atoms with Crippen LogP contribution in [0, 0.1) is 5.82 Å². The molecule has 1 saturated heterocycles. The van der Waals surface area contributed by atoms with Gasteiger partial charge in [-0.25, -0.2) is 4.39 Å². The zero-order valence-corrected chi connectivity index (χ0v) is 14.1. The van der Waals surface area contributed by atoms with Gasteiger partial charge in [0.25, 0.3) is 0 Å². The van der Waals surface area contributed by atoms with Crippen molar-refractivity contribution in [1.29, 1.82) is 0 Å². The maximum Gasteiger partial charge on any atom is 0.226 e. The van der Waals surface area contributed by atoms with Gasteiger partial charge >= 0.3 is 0 Å². The topological polar surface area (TPSA) is 44.4 Å². The first kappa shape index (κ1) is 16.1. The second-order valence-corrected chi connectivity index (χ2v) is 6.79. The molecule has 1 amide bonds. The predicted molar refractivity (Wildman–Crippen MR) is 97.5 cm³/mol. The third-order valence-electron chi connectivity index (χ3n) is 5.01. The summed E-state index contributed by atoms with van der Waals surface area (Å²) in [6.07, 6.45) is 2.16. The highest BCUT2D eigenvalue weighted by atomic mass is 19.1. The summed E-state index contributed by atoms with van der Waals surface area (Å²) in [5.74, 6) is -0.115. The summed E-state index contributed by atoms with van der Waals surface area (Å²) in [6.45, 7) is 2.66. The third-order valence-corrected chi connectivity index (χ3v) is 5.01. The highest BCUT2D eigenvalue weighted by Crippen LogP contribution is 2.33. The average molecular weight is 339 g/mol. The molecule has 0 radical (unpaired) electrons. The van der Waals surface area contributed by atoms with Gasteiger partial charge in [0, 0.05) is 26.1 Å². The van der Waals surface area contributed by atoms with E-state index in [2.05, 4.69) is 27.7 Å². The molecule has 4 rings (SSSR count). The third kappa shape index (κ3) is 3.51. The van der Waals surface area contributed by atoms with Crippen LogP contribution in [-0.2, 0) is 17.6 Å². The number of benzene rings is 2. The van der Waals surface area contributed by atoms with Crippen molar-refractivity contribution >= 4 is 17.3 Å². The fourth-order valence-corrected chi connectivity index (χ4v) is 3.73. The highest BCUT2D eigenvalue weighted by molar-refractivity contribution is 5.97. The monoisotopic (exact) mass is 339 g/mol. The molecule has 2 aromatic carbocycles. The Morgan fingerprint density at radius 1 is 1.12 bits per heavy atom. The van der Waals surface area contributed by atoms with Crippen molar-refractivity contribution in [2.75, 3.05) is 29.9 Å². The highest BCUT2D eigenvalue weighted by Gasteiger charge is 2.29. The van der Waals surface area contributed by atoms with Gasteiger partial charge in [0.2, 0.25) is 5.91 Å². The molecule has 2 aliphatic rings. The molecule has 1 fully saturated rings. The molecule has 2 aliphatic heterocycles. The Morgan fingerprint density at radius 2 is 1.96 bits per heavy atom. The molecule has 0 bridgehead atoms. The lowest BCUT2D eigenvalue weighted by atomic mass is 10.0. The van der Waals surface area contributed by atoms with Crippen LogP contribution in [0.3, 0.4) is 0 Å². The van der Waals surface area contributed by atoms with Gasteiger partial charge in [0.05, 0.1) is 17.4 Å². The molecular weight excluding hydrogens is 317 g/mol. The molecule has 0 spiro atoms. The molecule has 1 unspecified atom stereocenters. The van der Waals surface area contributed by atoms with E-state index in [0.717, 1.165) is 49.4 Å². The maximum absolute atomic E-state index is 13.3. The van der Waals surface area contributed by atoms with Crippen LogP contribution in [-0.4, -0.2) is 31.6 Å². The van der Waals surface area contributed by atoms with E-state index in [9.17, 15) is 9.18 Å². The van der Waals surface area contributed by atoms with Crippen molar-refractivity contribution in [2.45, 2.75) is 25.3 Å². The maximum atomic E-state index is 13.3. The largest absolute Gasteiger partial charge is 0.364 e. The molecule has 0 aliphatic carbocycles. The minimum absolute atomic E-state index is 0.0740. The quantitative estimate of drug-likeness (QED) is 0.904. The lowest BCUT2D eigenvalue weighted by Gasteiger charge is -2.36. The van der Waals surface area contributed by atoms with Crippen LogP contribution in [0.5, 0.6) is 0 Å². The molecule has 25 heavy (non-hydrogen) atoms. The number of hydrogen-bond acceptors (Lipinski definition) is 3. The zero-order chi connectivity index (χ0) is 17.2. The normalized spacial score (nSPS) is 19.6. The first-order valence-electron chi connectivity index (χ1n) is 8.83. The molecular formula is C20H22FN3O. The van der Waals surface area contributed by atoms with Crippen LogP contribution in [0.25, 0.3) is 0 Å². The van der Waals surface area contributed by atoms with Crippen molar-refractivity contribution in [1.82, 2.24) is 5.32 Å². The summed E-state index contributed by atoms with van der Waals surface area (Å²) in [7, 11) is 0. The van der Waals surface area contributed by atoms with Crippen LogP contribution >= 0.6 is 0 Å². The number of rotatable bonds is 3. The lowest BCUT2D eigenvalue weighted by molar-refractivity contribution is -0.116. The molecule has 4 nitrogen and oxygen atoms in total. The van der Waals surface area contributed by atoms with Crippen LogP contribution in [0.4, 0.5) is 15.8 Å². The van der Waals surface area contributed by atoms with Crippen molar-refractivity contribution in [3.8, 4) is 0 Å². The number of nitrogens with one attached hydrogen (secondary N) is 2. The number of carbonyl (C=O) groups excluding carboxylic acids is 1. The van der Waals surface area contributed by atoms with Crippen LogP contribution in [0.15, 0.2) is 42.5 Å². The Hall–Kier alpha value is -2.40. The summed E-state index contributed by atoms with van der Waals surface area (Å²) >= 11 is 0. The Labute approximate surface area is 147 Å². The van der Waals surface area contributed by atoms with Gasteiger partial charge in [-0.1, -0.05) is 18.2 Å². The number of hydrogen-bond donors (Lipinski definition) is 2. The fraction of sp³-hybridized carbons (Fsp3) is 0.350. The Morgan fingerprint density at radius 3 is 2.80 bits per heavy atom. The van der Waals surface area contributed by atoms with E-state index in [1.807, 2.05) is 12.1 Å². The smallest absolute Gasteiger partial charge is 0.226 e. The minimum atomic E-state index is -0.189. The molecule has 130 valence electrons. The lowest BCUT2D eigenvalue weighted by Crippen LogP contribution is -2.51. The Bertz CT molecular complexity index is 792. The van der Waals surface area contributed by atoms with Crippen LogP contribution in [0.2, 0.25) is 0 Å². The van der Waals surface area contributed by atoms with Crippen LogP contribution < -0.4 is 15.5 Å². The molecule has 2 aromatic rings. The Kier molecular flexibility index (Phi) is 4.40. The second kappa shape index (κ2) is 6.84. The van der Waals surface area contributed by atoms with E-state index in [1.54, 1.807) is 12.1 Å². The van der Waals surface area contributed by atoms with Gasteiger partial charge in [0.1, 0.15) is 5.82 Å². The summed E-state index contributed by atoms with van der Waals surface area (Å²) < 4.78 is 13.3. The first-order valence-corrected chi connectivity index (χ1v) is 8.83. The SMILES string of the molecule is O=C1CC2CNCCN2c2cc(CCc3cccc(F)c3)ccc2N1. The number of halogens is 1. The van der Waals surface area contributed by atoms with Gasteiger partial charge in [0.15, 0.2) is 0 Å². The number of nitrogens with zero attached hydrogens (tertiary/aromatic N) is 1. The number of anilines is 2. The summed E-state index contributed by atoms with van der Waals surface area (Å²) in [5.41, 5.74) is 4.21.